The maximum atomic E-state index is 13.3. The second-order valence-corrected chi connectivity index (χ2v) is 3.88. The molecule has 0 unspecified atom stereocenters. The van der Waals surface area contributed by atoms with Gasteiger partial charge in [0.25, 0.3) is 0 Å². The molecule has 0 heterocycles. The van der Waals surface area contributed by atoms with Crippen molar-refractivity contribution in [1.29, 1.82) is 0 Å². The van der Waals surface area contributed by atoms with Crippen LogP contribution in [0.5, 0.6) is 5.75 Å². The molecule has 3 nitrogen and oxygen atoms in total. The zero-order valence-electron chi connectivity index (χ0n) is 10.0. The molecule has 1 N–H and O–H groups in total. The highest BCUT2D eigenvalue weighted by Gasteiger charge is 2.07. The van der Waals surface area contributed by atoms with Crippen molar-refractivity contribution in [2.24, 2.45) is 0 Å². The van der Waals surface area contributed by atoms with Gasteiger partial charge in [0.2, 0.25) is 5.91 Å². The molecule has 0 aliphatic rings. The summed E-state index contributed by atoms with van der Waals surface area (Å²) in [7, 11) is 1.40. The smallest absolute Gasteiger partial charge is 0.224 e. The van der Waals surface area contributed by atoms with Crippen LogP contribution in [0.15, 0.2) is 30.4 Å². The first-order chi connectivity index (χ1) is 8.02. The number of carbonyl (C=O) groups is 1. The van der Waals surface area contributed by atoms with Crippen LogP contribution in [0.25, 0.3) is 0 Å². The van der Waals surface area contributed by atoms with Crippen LogP contribution in [-0.2, 0) is 11.2 Å². The Morgan fingerprint density at radius 1 is 1.53 bits per heavy atom. The Morgan fingerprint density at radius 3 is 2.76 bits per heavy atom. The molecular formula is C13H16FNO2. The van der Waals surface area contributed by atoms with Crippen molar-refractivity contribution in [2.45, 2.75) is 13.3 Å². The Hall–Kier alpha value is -1.84. The minimum absolute atomic E-state index is 0.147. The number of ether oxygens (including phenoxy) is 1. The van der Waals surface area contributed by atoms with E-state index in [-0.39, 0.29) is 18.1 Å². The zero-order chi connectivity index (χ0) is 12.8. The molecule has 0 spiro atoms. The number of carbonyl (C=O) groups excluding carboxylic acids is 1. The lowest BCUT2D eigenvalue weighted by molar-refractivity contribution is -0.120. The summed E-state index contributed by atoms with van der Waals surface area (Å²) in [4.78, 5) is 11.5. The molecule has 1 aromatic carbocycles. The van der Waals surface area contributed by atoms with Crippen molar-refractivity contribution in [1.82, 2.24) is 5.32 Å². The van der Waals surface area contributed by atoms with Crippen LogP contribution in [0.4, 0.5) is 4.39 Å². The largest absolute Gasteiger partial charge is 0.494 e. The summed E-state index contributed by atoms with van der Waals surface area (Å²) in [6, 6.07) is 4.48. The van der Waals surface area contributed by atoms with Gasteiger partial charge in [-0.1, -0.05) is 18.2 Å². The minimum Gasteiger partial charge on any atom is -0.494 e. The number of methoxy groups -OCH3 is 1. The van der Waals surface area contributed by atoms with E-state index in [1.54, 1.807) is 6.07 Å². The first-order valence-electron chi connectivity index (χ1n) is 5.26. The molecule has 0 saturated heterocycles. The molecule has 17 heavy (non-hydrogen) atoms. The van der Waals surface area contributed by atoms with E-state index in [1.165, 1.54) is 19.2 Å². The Labute approximate surface area is 100 Å². The van der Waals surface area contributed by atoms with E-state index in [0.717, 1.165) is 5.57 Å². The molecule has 1 amide bonds. The highest BCUT2D eigenvalue weighted by molar-refractivity contribution is 5.78. The monoisotopic (exact) mass is 237 g/mol. The summed E-state index contributed by atoms with van der Waals surface area (Å²) in [5.74, 6) is -0.439. The number of nitrogens with one attached hydrogen (secondary N) is 1. The van der Waals surface area contributed by atoms with Crippen LogP contribution >= 0.6 is 0 Å². The molecule has 0 aromatic heterocycles. The predicted molar refractivity (Wildman–Crippen MR) is 64.5 cm³/mol. The predicted octanol–water partition coefficient (Wildman–Crippen LogP) is 2.07. The number of amides is 1. The van der Waals surface area contributed by atoms with E-state index in [2.05, 4.69) is 11.9 Å². The lowest BCUT2D eigenvalue weighted by Gasteiger charge is -2.06. The maximum Gasteiger partial charge on any atom is 0.224 e. The second-order valence-electron chi connectivity index (χ2n) is 3.88. The summed E-state index contributed by atoms with van der Waals surface area (Å²) >= 11 is 0. The van der Waals surface area contributed by atoms with Gasteiger partial charge in [-0.2, -0.15) is 0 Å². The van der Waals surface area contributed by atoms with Gasteiger partial charge in [0.15, 0.2) is 11.6 Å². The number of rotatable bonds is 5. The van der Waals surface area contributed by atoms with E-state index < -0.39 is 5.82 Å². The van der Waals surface area contributed by atoms with Crippen molar-refractivity contribution in [3.8, 4) is 5.75 Å². The van der Waals surface area contributed by atoms with E-state index in [9.17, 15) is 9.18 Å². The molecule has 92 valence electrons. The molecule has 0 aliphatic carbocycles. The van der Waals surface area contributed by atoms with Crippen molar-refractivity contribution >= 4 is 5.91 Å². The highest BCUT2D eigenvalue weighted by Crippen LogP contribution is 2.17. The molecule has 0 atom stereocenters. The third-order valence-electron chi connectivity index (χ3n) is 2.17. The molecule has 0 bridgehead atoms. The van der Waals surface area contributed by atoms with Crippen LogP contribution in [0.2, 0.25) is 0 Å². The van der Waals surface area contributed by atoms with E-state index >= 15 is 0 Å². The van der Waals surface area contributed by atoms with Gasteiger partial charge in [0, 0.05) is 6.54 Å². The van der Waals surface area contributed by atoms with Crippen molar-refractivity contribution < 1.29 is 13.9 Å². The fraction of sp³-hybridized carbons (Fsp3) is 0.308. The Balaban J connectivity index is 2.60. The molecule has 0 fully saturated rings. The number of benzene rings is 1. The molecule has 1 aromatic rings. The van der Waals surface area contributed by atoms with Crippen molar-refractivity contribution in [3.05, 3.63) is 41.7 Å². The van der Waals surface area contributed by atoms with Gasteiger partial charge in [-0.05, 0) is 24.6 Å². The average Bonchev–Trinajstić information content (AvgIpc) is 2.26. The molecule has 1 rings (SSSR count). The number of hydrogen-bond acceptors (Lipinski definition) is 2. The first-order valence-corrected chi connectivity index (χ1v) is 5.26. The normalized spacial score (nSPS) is 9.82. The Morgan fingerprint density at radius 2 is 2.24 bits per heavy atom. The maximum absolute atomic E-state index is 13.3. The van der Waals surface area contributed by atoms with Crippen LogP contribution in [-0.4, -0.2) is 19.6 Å². The van der Waals surface area contributed by atoms with Crippen LogP contribution in [0.3, 0.4) is 0 Å². The van der Waals surface area contributed by atoms with Crippen LogP contribution in [0.1, 0.15) is 12.5 Å². The number of halogens is 1. The molecule has 0 aliphatic heterocycles. The van der Waals surface area contributed by atoms with Crippen LogP contribution in [0, 0.1) is 5.82 Å². The Bertz CT molecular complexity index is 429. The summed E-state index contributed by atoms with van der Waals surface area (Å²) in [5.41, 5.74) is 1.49. The van der Waals surface area contributed by atoms with Gasteiger partial charge >= 0.3 is 0 Å². The summed E-state index contributed by atoms with van der Waals surface area (Å²) in [6.45, 7) is 5.95. The lowest BCUT2D eigenvalue weighted by Crippen LogP contribution is -2.26. The van der Waals surface area contributed by atoms with Gasteiger partial charge in [-0.25, -0.2) is 4.39 Å². The second kappa shape index (κ2) is 6.03. The zero-order valence-corrected chi connectivity index (χ0v) is 10.0. The topological polar surface area (TPSA) is 38.3 Å². The average molecular weight is 237 g/mol. The molecule has 4 heteroatoms. The molecule has 0 saturated carbocycles. The van der Waals surface area contributed by atoms with Gasteiger partial charge in [-0.15, -0.1) is 0 Å². The molecular weight excluding hydrogens is 221 g/mol. The van der Waals surface area contributed by atoms with Crippen molar-refractivity contribution in [2.75, 3.05) is 13.7 Å². The summed E-state index contributed by atoms with van der Waals surface area (Å²) < 4.78 is 18.1. The third-order valence-corrected chi connectivity index (χ3v) is 2.17. The third kappa shape index (κ3) is 4.26. The fourth-order valence-electron chi connectivity index (χ4n) is 1.32. The van der Waals surface area contributed by atoms with Gasteiger partial charge < -0.3 is 10.1 Å². The quantitative estimate of drug-likeness (QED) is 0.796. The minimum atomic E-state index is -0.460. The number of hydrogen-bond donors (Lipinski definition) is 1. The SMILES string of the molecule is C=C(C)CNC(=O)Cc1ccc(OC)c(F)c1. The van der Waals surface area contributed by atoms with E-state index in [0.29, 0.717) is 12.1 Å². The van der Waals surface area contributed by atoms with Gasteiger partial charge in [0.05, 0.1) is 13.5 Å². The van der Waals surface area contributed by atoms with E-state index in [4.69, 9.17) is 4.74 Å². The first kappa shape index (κ1) is 13.2. The van der Waals surface area contributed by atoms with Gasteiger partial charge in [0.1, 0.15) is 0 Å². The highest BCUT2D eigenvalue weighted by atomic mass is 19.1. The van der Waals surface area contributed by atoms with Crippen LogP contribution < -0.4 is 10.1 Å². The van der Waals surface area contributed by atoms with Gasteiger partial charge in [-0.3, -0.25) is 4.79 Å². The van der Waals surface area contributed by atoms with E-state index in [1.807, 2.05) is 6.92 Å². The summed E-state index contributed by atoms with van der Waals surface area (Å²) in [5, 5.41) is 2.69. The fourth-order valence-corrected chi connectivity index (χ4v) is 1.32. The molecule has 0 radical (unpaired) electrons. The Kier molecular flexibility index (Phi) is 4.69. The standard InChI is InChI=1S/C13H16FNO2/c1-9(2)8-15-13(16)7-10-4-5-12(17-3)11(14)6-10/h4-6H,1,7-8H2,2-3H3,(H,15,16). The summed E-state index contributed by atoms with van der Waals surface area (Å²) in [6.07, 6.45) is 0.147. The lowest BCUT2D eigenvalue weighted by atomic mass is 10.1. The van der Waals surface area contributed by atoms with Crippen molar-refractivity contribution in [3.63, 3.8) is 0 Å².